The van der Waals surface area contributed by atoms with E-state index in [1.807, 2.05) is 17.0 Å². The first-order chi connectivity index (χ1) is 14.1. The van der Waals surface area contributed by atoms with Gasteiger partial charge in [-0.25, -0.2) is 4.79 Å². The molecule has 0 spiro atoms. The molecular weight excluding hydrogens is 388 g/mol. The Kier molecular flexibility index (Phi) is 6.60. The number of carbonyl (C=O) groups excluding carboxylic acids is 2. The van der Waals surface area contributed by atoms with Crippen LogP contribution in [0.5, 0.6) is 0 Å². The van der Waals surface area contributed by atoms with Crippen LogP contribution < -0.4 is 5.32 Å². The standard InChI is InChI=1S/C22H31ClN4O2/c23-18-8-5-9-19(16-18)24-22(29)27-14-12-25(13-15-27)20(17-6-1-2-7-17)21(28)26-10-3-4-11-26/h5,8-9,16-17,20H,1-4,6-7,10-15H2,(H,24,29). The summed E-state index contributed by atoms with van der Waals surface area (Å²) < 4.78 is 0. The molecule has 4 rings (SSSR count). The van der Waals surface area contributed by atoms with Crippen molar-refractivity contribution in [2.75, 3.05) is 44.6 Å². The molecular formula is C22H31ClN4O2. The number of carbonyl (C=O) groups is 2. The number of halogens is 1. The number of hydrogen-bond donors (Lipinski definition) is 1. The molecule has 158 valence electrons. The summed E-state index contributed by atoms with van der Waals surface area (Å²) in [7, 11) is 0. The maximum atomic E-state index is 13.3. The fourth-order valence-electron chi connectivity index (χ4n) is 5.03. The van der Waals surface area contributed by atoms with Crippen molar-refractivity contribution in [3.63, 3.8) is 0 Å². The van der Waals surface area contributed by atoms with E-state index in [1.54, 1.807) is 12.1 Å². The Morgan fingerprint density at radius 3 is 2.28 bits per heavy atom. The summed E-state index contributed by atoms with van der Waals surface area (Å²) in [6.07, 6.45) is 7.02. The number of nitrogens with one attached hydrogen (secondary N) is 1. The molecule has 3 amide bonds. The first kappa shape index (κ1) is 20.5. The molecule has 3 aliphatic rings. The fourth-order valence-corrected chi connectivity index (χ4v) is 5.22. The average molecular weight is 419 g/mol. The minimum atomic E-state index is -0.102. The molecule has 2 aliphatic heterocycles. The Morgan fingerprint density at radius 1 is 0.931 bits per heavy atom. The number of nitrogens with zero attached hydrogens (tertiary/aromatic N) is 3. The van der Waals surface area contributed by atoms with E-state index in [9.17, 15) is 9.59 Å². The number of piperazine rings is 1. The third-order valence-corrected chi connectivity index (χ3v) is 6.82. The van der Waals surface area contributed by atoms with Crippen LogP contribution in [0.15, 0.2) is 24.3 Å². The van der Waals surface area contributed by atoms with Gasteiger partial charge in [0.2, 0.25) is 5.91 Å². The van der Waals surface area contributed by atoms with Gasteiger partial charge in [0, 0.05) is 50.0 Å². The van der Waals surface area contributed by atoms with Gasteiger partial charge >= 0.3 is 6.03 Å². The molecule has 1 N–H and O–H groups in total. The van der Waals surface area contributed by atoms with Crippen molar-refractivity contribution >= 4 is 29.2 Å². The lowest BCUT2D eigenvalue weighted by Crippen LogP contribution is -2.58. The first-order valence-electron chi connectivity index (χ1n) is 11.0. The quantitative estimate of drug-likeness (QED) is 0.811. The third-order valence-electron chi connectivity index (χ3n) is 6.59. The Hall–Kier alpha value is -1.79. The van der Waals surface area contributed by atoms with Gasteiger partial charge in [-0.1, -0.05) is 30.5 Å². The number of urea groups is 1. The van der Waals surface area contributed by atoms with E-state index >= 15 is 0 Å². The normalized spacial score (nSPS) is 22.1. The Balaban J connectivity index is 1.37. The second-order valence-electron chi connectivity index (χ2n) is 8.49. The molecule has 2 heterocycles. The molecule has 3 fully saturated rings. The van der Waals surface area contributed by atoms with E-state index in [0.717, 1.165) is 51.9 Å². The maximum Gasteiger partial charge on any atom is 0.321 e. The van der Waals surface area contributed by atoms with Crippen LogP contribution in [-0.2, 0) is 4.79 Å². The molecule has 1 atom stereocenters. The second kappa shape index (κ2) is 9.35. The van der Waals surface area contributed by atoms with Crippen LogP contribution in [0.4, 0.5) is 10.5 Å². The molecule has 1 unspecified atom stereocenters. The highest BCUT2D eigenvalue weighted by Gasteiger charge is 2.39. The van der Waals surface area contributed by atoms with Crippen LogP contribution in [0, 0.1) is 5.92 Å². The molecule has 0 bridgehead atoms. The summed E-state index contributed by atoms with van der Waals surface area (Å²) in [6.45, 7) is 4.60. The molecule has 6 nitrogen and oxygen atoms in total. The van der Waals surface area contributed by atoms with Gasteiger partial charge in [0.15, 0.2) is 0 Å². The van der Waals surface area contributed by atoms with Crippen LogP contribution in [-0.4, -0.2) is 71.9 Å². The molecule has 29 heavy (non-hydrogen) atoms. The van der Waals surface area contributed by atoms with Crippen molar-refractivity contribution in [3.8, 4) is 0 Å². The number of amides is 3. The monoisotopic (exact) mass is 418 g/mol. The molecule has 0 radical (unpaired) electrons. The fraction of sp³-hybridized carbons (Fsp3) is 0.636. The Morgan fingerprint density at radius 2 is 1.62 bits per heavy atom. The lowest BCUT2D eigenvalue weighted by molar-refractivity contribution is -0.138. The minimum absolute atomic E-state index is 0.00580. The number of anilines is 1. The topological polar surface area (TPSA) is 55.9 Å². The summed E-state index contributed by atoms with van der Waals surface area (Å²) >= 11 is 6.01. The van der Waals surface area contributed by atoms with Crippen LogP contribution in [0.3, 0.4) is 0 Å². The predicted molar refractivity (Wildman–Crippen MR) is 115 cm³/mol. The lowest BCUT2D eigenvalue weighted by Gasteiger charge is -2.41. The maximum absolute atomic E-state index is 13.3. The SMILES string of the molecule is O=C(Nc1cccc(Cl)c1)N1CCN(C(C(=O)N2CCCC2)C2CCCC2)CC1. The zero-order valence-electron chi connectivity index (χ0n) is 17.0. The van der Waals surface area contributed by atoms with Gasteiger partial charge in [-0.2, -0.15) is 0 Å². The summed E-state index contributed by atoms with van der Waals surface area (Å²) in [5, 5.41) is 3.53. The van der Waals surface area contributed by atoms with Crippen molar-refractivity contribution in [2.24, 2.45) is 5.92 Å². The zero-order chi connectivity index (χ0) is 20.2. The summed E-state index contributed by atoms with van der Waals surface area (Å²) in [5.41, 5.74) is 0.706. The molecule has 2 saturated heterocycles. The molecule has 1 saturated carbocycles. The van der Waals surface area contributed by atoms with Gasteiger partial charge in [0.05, 0.1) is 6.04 Å². The van der Waals surface area contributed by atoms with Crippen LogP contribution in [0.2, 0.25) is 5.02 Å². The van der Waals surface area contributed by atoms with Crippen molar-refractivity contribution in [1.29, 1.82) is 0 Å². The summed E-state index contributed by atoms with van der Waals surface area (Å²) in [5.74, 6) is 0.793. The number of likely N-dealkylation sites (tertiary alicyclic amines) is 1. The largest absolute Gasteiger partial charge is 0.341 e. The van der Waals surface area contributed by atoms with Gasteiger partial charge in [-0.05, 0) is 49.8 Å². The highest BCUT2D eigenvalue weighted by Crippen LogP contribution is 2.32. The molecule has 1 aromatic rings. The van der Waals surface area contributed by atoms with E-state index in [2.05, 4.69) is 15.1 Å². The highest BCUT2D eigenvalue weighted by atomic mass is 35.5. The smallest absolute Gasteiger partial charge is 0.321 e. The van der Waals surface area contributed by atoms with E-state index in [4.69, 9.17) is 11.6 Å². The highest BCUT2D eigenvalue weighted by molar-refractivity contribution is 6.30. The summed E-state index contributed by atoms with van der Waals surface area (Å²) in [4.78, 5) is 32.2. The van der Waals surface area contributed by atoms with Crippen molar-refractivity contribution in [3.05, 3.63) is 29.3 Å². The van der Waals surface area contributed by atoms with Gasteiger partial charge in [0.1, 0.15) is 0 Å². The van der Waals surface area contributed by atoms with Crippen LogP contribution in [0.1, 0.15) is 38.5 Å². The van der Waals surface area contributed by atoms with Gasteiger partial charge < -0.3 is 15.1 Å². The van der Waals surface area contributed by atoms with Gasteiger partial charge in [-0.15, -0.1) is 0 Å². The number of rotatable bonds is 4. The number of benzene rings is 1. The van der Waals surface area contributed by atoms with E-state index in [1.165, 1.54) is 12.8 Å². The van der Waals surface area contributed by atoms with Gasteiger partial charge in [-0.3, -0.25) is 9.69 Å². The second-order valence-corrected chi connectivity index (χ2v) is 8.92. The van der Waals surface area contributed by atoms with E-state index < -0.39 is 0 Å². The first-order valence-corrected chi connectivity index (χ1v) is 11.3. The molecule has 1 aromatic carbocycles. The molecule has 7 heteroatoms. The Bertz CT molecular complexity index is 723. The molecule has 1 aliphatic carbocycles. The van der Waals surface area contributed by atoms with Gasteiger partial charge in [0.25, 0.3) is 0 Å². The molecule has 0 aromatic heterocycles. The minimum Gasteiger partial charge on any atom is -0.341 e. The van der Waals surface area contributed by atoms with Crippen molar-refractivity contribution in [1.82, 2.24) is 14.7 Å². The van der Waals surface area contributed by atoms with Crippen molar-refractivity contribution < 1.29 is 9.59 Å². The number of hydrogen-bond acceptors (Lipinski definition) is 3. The summed E-state index contributed by atoms with van der Waals surface area (Å²) in [6, 6.07) is 7.09. The zero-order valence-corrected chi connectivity index (χ0v) is 17.7. The van der Waals surface area contributed by atoms with Crippen LogP contribution in [0.25, 0.3) is 0 Å². The average Bonchev–Trinajstić information content (AvgIpc) is 3.43. The van der Waals surface area contributed by atoms with E-state index in [-0.39, 0.29) is 12.1 Å². The predicted octanol–water partition coefficient (Wildman–Crippen LogP) is 3.67. The van der Waals surface area contributed by atoms with E-state index in [0.29, 0.717) is 35.6 Å². The van der Waals surface area contributed by atoms with Crippen molar-refractivity contribution in [2.45, 2.75) is 44.6 Å². The Labute approximate surface area is 178 Å². The third kappa shape index (κ3) is 4.86. The lowest BCUT2D eigenvalue weighted by atomic mass is 9.94. The van der Waals surface area contributed by atoms with Crippen LogP contribution >= 0.6 is 11.6 Å².